The highest BCUT2D eigenvalue weighted by Gasteiger charge is 2.34. The Kier molecular flexibility index (Phi) is 1.86. The van der Waals surface area contributed by atoms with Gasteiger partial charge in [0.15, 0.2) is 0 Å². The molecule has 0 heterocycles. The van der Waals surface area contributed by atoms with E-state index in [1.807, 2.05) is 7.05 Å². The maximum atomic E-state index is 3.17. The summed E-state index contributed by atoms with van der Waals surface area (Å²) in [5.74, 6) is 0.947. The second-order valence-corrected chi connectivity index (χ2v) is 2.40. The van der Waals surface area contributed by atoms with Crippen molar-refractivity contribution in [3.8, 4) is 0 Å². The topological polar surface area (TPSA) is 24.1 Å². The fourth-order valence-corrected chi connectivity index (χ4v) is 1.06. The summed E-state index contributed by atoms with van der Waals surface area (Å²) >= 11 is 0. The normalized spacial score (nSPS) is 35.2. The zero-order valence-corrected chi connectivity index (χ0v) is 5.57. The van der Waals surface area contributed by atoms with E-state index in [0.717, 1.165) is 12.0 Å². The van der Waals surface area contributed by atoms with Crippen LogP contribution in [0.2, 0.25) is 0 Å². The number of nitrogens with one attached hydrogen (secondary N) is 2. The van der Waals surface area contributed by atoms with Gasteiger partial charge < -0.3 is 0 Å². The molecule has 0 aliphatic heterocycles. The van der Waals surface area contributed by atoms with Crippen molar-refractivity contribution in [1.29, 1.82) is 0 Å². The van der Waals surface area contributed by atoms with Gasteiger partial charge >= 0.3 is 0 Å². The van der Waals surface area contributed by atoms with E-state index < -0.39 is 0 Å². The molecule has 0 bridgehead atoms. The van der Waals surface area contributed by atoms with E-state index in [9.17, 15) is 0 Å². The van der Waals surface area contributed by atoms with Crippen LogP contribution in [0.4, 0.5) is 0 Å². The van der Waals surface area contributed by atoms with Crippen molar-refractivity contribution in [3.05, 3.63) is 0 Å². The zero-order chi connectivity index (χ0) is 5.98. The summed E-state index contributed by atoms with van der Waals surface area (Å²) in [6, 6.07) is 0.769. The van der Waals surface area contributed by atoms with Gasteiger partial charge in [-0.2, -0.15) is 0 Å². The second kappa shape index (κ2) is 2.46. The van der Waals surface area contributed by atoms with Gasteiger partial charge in [0.2, 0.25) is 0 Å². The third-order valence-corrected chi connectivity index (χ3v) is 1.78. The molecule has 1 fully saturated rings. The maximum Gasteiger partial charge on any atom is 0.0244 e. The minimum Gasteiger partial charge on any atom is -0.261 e. The zero-order valence-electron chi connectivity index (χ0n) is 5.57. The van der Waals surface area contributed by atoms with Gasteiger partial charge in [-0.15, -0.1) is 0 Å². The van der Waals surface area contributed by atoms with Crippen molar-refractivity contribution in [1.82, 2.24) is 10.9 Å². The van der Waals surface area contributed by atoms with Crippen molar-refractivity contribution in [3.63, 3.8) is 0 Å². The standard InChI is InChI=1S/C6H14N2/c1-3-5-4-6(5)8-7-2/h5-8H,3-4H2,1-2H3. The molecule has 0 aromatic carbocycles. The summed E-state index contributed by atoms with van der Waals surface area (Å²) in [6.45, 7) is 2.24. The Morgan fingerprint density at radius 2 is 2.38 bits per heavy atom. The van der Waals surface area contributed by atoms with Gasteiger partial charge in [-0.05, 0) is 19.4 Å². The molecule has 0 saturated heterocycles. The lowest BCUT2D eigenvalue weighted by Gasteiger charge is -1.97. The van der Waals surface area contributed by atoms with Crippen LogP contribution in [-0.2, 0) is 0 Å². The predicted octanol–water partition coefficient (Wildman–Crippen LogP) is 0.509. The Labute approximate surface area is 50.6 Å². The van der Waals surface area contributed by atoms with Crippen LogP contribution in [0.25, 0.3) is 0 Å². The molecule has 0 aromatic heterocycles. The van der Waals surface area contributed by atoms with Crippen LogP contribution in [0.1, 0.15) is 19.8 Å². The highest BCUT2D eigenvalue weighted by Crippen LogP contribution is 2.32. The molecule has 1 aliphatic rings. The molecule has 2 heteroatoms. The Hall–Kier alpha value is -0.0800. The monoisotopic (exact) mass is 114 g/mol. The molecule has 0 aromatic rings. The van der Waals surface area contributed by atoms with E-state index >= 15 is 0 Å². The van der Waals surface area contributed by atoms with Crippen LogP contribution in [0, 0.1) is 5.92 Å². The van der Waals surface area contributed by atoms with Gasteiger partial charge in [-0.25, -0.2) is 0 Å². The summed E-state index contributed by atoms with van der Waals surface area (Å²) in [6.07, 6.45) is 2.68. The van der Waals surface area contributed by atoms with Crippen LogP contribution in [-0.4, -0.2) is 13.1 Å². The van der Waals surface area contributed by atoms with Crippen molar-refractivity contribution >= 4 is 0 Å². The van der Waals surface area contributed by atoms with Crippen molar-refractivity contribution in [2.45, 2.75) is 25.8 Å². The van der Waals surface area contributed by atoms with Crippen LogP contribution in [0.15, 0.2) is 0 Å². The first-order chi connectivity index (χ1) is 3.88. The Morgan fingerprint density at radius 1 is 1.62 bits per heavy atom. The Morgan fingerprint density at radius 3 is 2.75 bits per heavy atom. The molecule has 2 atom stereocenters. The van der Waals surface area contributed by atoms with Gasteiger partial charge in [0, 0.05) is 6.04 Å². The summed E-state index contributed by atoms with van der Waals surface area (Å²) < 4.78 is 0. The molecule has 1 rings (SSSR count). The molecule has 48 valence electrons. The van der Waals surface area contributed by atoms with Crippen LogP contribution in [0.3, 0.4) is 0 Å². The lowest BCUT2D eigenvalue weighted by atomic mass is 10.3. The summed E-state index contributed by atoms with van der Waals surface area (Å²) in [7, 11) is 1.92. The Balaban J connectivity index is 1.99. The van der Waals surface area contributed by atoms with Gasteiger partial charge in [0.25, 0.3) is 0 Å². The molecule has 2 unspecified atom stereocenters. The molecule has 0 radical (unpaired) electrons. The average molecular weight is 114 g/mol. The summed E-state index contributed by atoms with van der Waals surface area (Å²) in [5, 5.41) is 0. The molecule has 1 saturated carbocycles. The highest BCUT2D eigenvalue weighted by molar-refractivity contribution is 4.90. The highest BCUT2D eigenvalue weighted by atomic mass is 15.4. The molecule has 1 aliphatic carbocycles. The molecular weight excluding hydrogens is 100 g/mol. The van der Waals surface area contributed by atoms with E-state index in [-0.39, 0.29) is 0 Å². The lowest BCUT2D eigenvalue weighted by Crippen LogP contribution is -2.30. The fraction of sp³-hybridized carbons (Fsp3) is 1.00. The first kappa shape index (κ1) is 6.05. The van der Waals surface area contributed by atoms with Crippen LogP contribution < -0.4 is 10.9 Å². The molecular formula is C6H14N2. The molecule has 0 amide bonds. The van der Waals surface area contributed by atoms with Gasteiger partial charge in [-0.3, -0.25) is 10.9 Å². The van der Waals surface area contributed by atoms with Crippen LogP contribution in [0.5, 0.6) is 0 Å². The van der Waals surface area contributed by atoms with E-state index in [2.05, 4.69) is 17.8 Å². The number of hydrazine groups is 1. The van der Waals surface area contributed by atoms with Crippen molar-refractivity contribution in [2.75, 3.05) is 7.05 Å². The largest absolute Gasteiger partial charge is 0.261 e. The second-order valence-electron chi connectivity index (χ2n) is 2.40. The first-order valence-electron chi connectivity index (χ1n) is 3.30. The van der Waals surface area contributed by atoms with E-state index in [0.29, 0.717) is 0 Å². The van der Waals surface area contributed by atoms with Crippen LogP contribution >= 0.6 is 0 Å². The molecule has 0 spiro atoms. The van der Waals surface area contributed by atoms with Gasteiger partial charge in [0.05, 0.1) is 0 Å². The SMILES string of the molecule is CCC1CC1NNC. The third kappa shape index (κ3) is 1.20. The van der Waals surface area contributed by atoms with Gasteiger partial charge in [0.1, 0.15) is 0 Å². The number of hydrogen-bond acceptors (Lipinski definition) is 2. The van der Waals surface area contributed by atoms with Crippen molar-refractivity contribution in [2.24, 2.45) is 5.92 Å². The maximum absolute atomic E-state index is 3.17. The molecule has 2 nitrogen and oxygen atoms in total. The number of hydrogen-bond donors (Lipinski definition) is 2. The molecule has 8 heavy (non-hydrogen) atoms. The quantitative estimate of drug-likeness (QED) is 0.522. The minimum atomic E-state index is 0.769. The van der Waals surface area contributed by atoms with Gasteiger partial charge in [-0.1, -0.05) is 13.3 Å². The molecule has 2 N–H and O–H groups in total. The smallest absolute Gasteiger partial charge is 0.0244 e. The lowest BCUT2D eigenvalue weighted by molar-refractivity contribution is 0.554. The third-order valence-electron chi connectivity index (χ3n) is 1.78. The predicted molar refractivity (Wildman–Crippen MR) is 34.4 cm³/mol. The van der Waals surface area contributed by atoms with E-state index in [4.69, 9.17) is 0 Å². The van der Waals surface area contributed by atoms with E-state index in [1.54, 1.807) is 0 Å². The fourth-order valence-electron chi connectivity index (χ4n) is 1.06. The average Bonchev–Trinajstić information content (AvgIpc) is 2.48. The first-order valence-corrected chi connectivity index (χ1v) is 3.30. The van der Waals surface area contributed by atoms with E-state index in [1.165, 1.54) is 12.8 Å². The minimum absolute atomic E-state index is 0.769. The summed E-state index contributed by atoms with van der Waals surface area (Å²) in [4.78, 5) is 0. The summed E-state index contributed by atoms with van der Waals surface area (Å²) in [5.41, 5.74) is 6.11. The van der Waals surface area contributed by atoms with Crippen molar-refractivity contribution < 1.29 is 0 Å². The number of rotatable bonds is 3. The Bertz CT molecular complexity index is 72.9.